The van der Waals surface area contributed by atoms with E-state index >= 15 is 0 Å². The van der Waals surface area contributed by atoms with E-state index in [2.05, 4.69) is 33.1 Å². The van der Waals surface area contributed by atoms with Crippen molar-refractivity contribution in [3.63, 3.8) is 0 Å². The molecule has 1 aromatic rings. The molecule has 2 rings (SSSR count). The van der Waals surface area contributed by atoms with Gasteiger partial charge in [-0.2, -0.15) is 0 Å². The molecular formula is C15H23BrN2O2. The molecule has 0 unspecified atom stereocenters. The molecule has 0 aromatic heterocycles. The summed E-state index contributed by atoms with van der Waals surface area (Å²) in [4.78, 5) is 2.47. The van der Waals surface area contributed by atoms with Gasteiger partial charge in [0, 0.05) is 42.8 Å². The highest BCUT2D eigenvalue weighted by Gasteiger charge is 2.20. The summed E-state index contributed by atoms with van der Waals surface area (Å²) in [5, 5.41) is 3.39. The van der Waals surface area contributed by atoms with Gasteiger partial charge in [0.25, 0.3) is 0 Å². The molecule has 5 heteroatoms. The van der Waals surface area contributed by atoms with E-state index in [0.29, 0.717) is 0 Å². The van der Waals surface area contributed by atoms with Crippen molar-refractivity contribution in [1.82, 2.24) is 10.2 Å². The molecule has 0 radical (unpaired) electrons. The average molecular weight is 343 g/mol. The van der Waals surface area contributed by atoms with Crippen LogP contribution in [0.5, 0.6) is 11.5 Å². The summed E-state index contributed by atoms with van der Waals surface area (Å²) in [6.45, 7) is 7.41. The van der Waals surface area contributed by atoms with Crippen LogP contribution in [0, 0.1) is 0 Å². The zero-order valence-corrected chi connectivity index (χ0v) is 14.0. The van der Waals surface area contributed by atoms with Crippen LogP contribution in [0.25, 0.3) is 0 Å². The Labute approximate surface area is 129 Å². The van der Waals surface area contributed by atoms with Gasteiger partial charge in [-0.1, -0.05) is 22.9 Å². The first-order valence-electron chi connectivity index (χ1n) is 7.06. The van der Waals surface area contributed by atoms with E-state index in [1.807, 2.05) is 6.07 Å². The van der Waals surface area contributed by atoms with E-state index in [1.165, 1.54) is 11.1 Å². The third-order valence-corrected chi connectivity index (χ3v) is 4.48. The van der Waals surface area contributed by atoms with Gasteiger partial charge in [0.2, 0.25) is 0 Å². The fraction of sp³-hybridized carbons (Fsp3) is 0.600. The largest absolute Gasteiger partial charge is 0.493 e. The fourth-order valence-corrected chi connectivity index (χ4v) is 3.28. The molecule has 0 amide bonds. The molecule has 112 valence electrons. The Morgan fingerprint density at radius 3 is 2.45 bits per heavy atom. The van der Waals surface area contributed by atoms with Gasteiger partial charge < -0.3 is 14.8 Å². The van der Waals surface area contributed by atoms with Crippen molar-refractivity contribution in [1.29, 1.82) is 0 Å². The summed E-state index contributed by atoms with van der Waals surface area (Å²) in [5.74, 6) is 1.66. The van der Waals surface area contributed by atoms with Gasteiger partial charge in [-0.15, -0.1) is 0 Å². The fourth-order valence-electron chi connectivity index (χ4n) is 2.71. The number of benzene rings is 1. The number of nitrogens with zero attached hydrogens (tertiary/aromatic N) is 1. The number of rotatable bonds is 5. The van der Waals surface area contributed by atoms with Crippen molar-refractivity contribution in [2.75, 3.05) is 40.4 Å². The number of halogens is 1. The maximum atomic E-state index is 5.57. The van der Waals surface area contributed by atoms with Gasteiger partial charge in [0.15, 0.2) is 11.5 Å². The van der Waals surface area contributed by atoms with Crippen LogP contribution >= 0.6 is 15.9 Å². The summed E-state index contributed by atoms with van der Waals surface area (Å²) >= 11 is 3.69. The molecule has 1 aromatic carbocycles. The summed E-state index contributed by atoms with van der Waals surface area (Å²) in [6, 6.07) is 2.01. The number of ether oxygens (including phenoxy) is 2. The first-order valence-corrected chi connectivity index (χ1v) is 7.85. The van der Waals surface area contributed by atoms with E-state index < -0.39 is 0 Å². The van der Waals surface area contributed by atoms with Crippen molar-refractivity contribution in [3.8, 4) is 11.5 Å². The third-order valence-electron chi connectivity index (χ3n) is 3.78. The lowest BCUT2D eigenvalue weighted by molar-refractivity contribution is 0.231. The topological polar surface area (TPSA) is 33.7 Å². The van der Waals surface area contributed by atoms with Gasteiger partial charge in [-0.05, 0) is 18.1 Å². The van der Waals surface area contributed by atoms with Crippen molar-refractivity contribution >= 4 is 15.9 Å². The van der Waals surface area contributed by atoms with Crippen molar-refractivity contribution in [3.05, 3.63) is 21.7 Å². The second-order valence-corrected chi connectivity index (χ2v) is 5.79. The quantitative estimate of drug-likeness (QED) is 0.890. The van der Waals surface area contributed by atoms with E-state index in [0.717, 1.165) is 55.1 Å². The van der Waals surface area contributed by atoms with Crippen molar-refractivity contribution in [2.45, 2.75) is 19.9 Å². The number of hydrogen-bond donors (Lipinski definition) is 1. The molecule has 0 atom stereocenters. The second-order valence-electron chi connectivity index (χ2n) is 4.93. The maximum Gasteiger partial charge on any atom is 0.164 e. The zero-order valence-electron chi connectivity index (χ0n) is 12.5. The van der Waals surface area contributed by atoms with E-state index in [-0.39, 0.29) is 0 Å². The number of nitrogens with one attached hydrogen (secondary N) is 1. The summed E-state index contributed by atoms with van der Waals surface area (Å²) < 4.78 is 12.1. The van der Waals surface area contributed by atoms with Gasteiger partial charge in [-0.25, -0.2) is 0 Å². The van der Waals surface area contributed by atoms with E-state index in [4.69, 9.17) is 9.47 Å². The maximum absolute atomic E-state index is 5.57. The van der Waals surface area contributed by atoms with Crippen LogP contribution in [0.2, 0.25) is 0 Å². The predicted molar refractivity (Wildman–Crippen MR) is 84.8 cm³/mol. The lowest BCUT2D eigenvalue weighted by Gasteiger charge is -2.29. The molecule has 1 fully saturated rings. The van der Waals surface area contributed by atoms with Crippen molar-refractivity contribution in [2.24, 2.45) is 0 Å². The first kappa shape index (κ1) is 15.6. The van der Waals surface area contributed by atoms with Gasteiger partial charge in [-0.3, -0.25) is 4.90 Å². The monoisotopic (exact) mass is 342 g/mol. The van der Waals surface area contributed by atoms with Crippen LogP contribution in [-0.2, 0) is 13.0 Å². The summed E-state index contributed by atoms with van der Waals surface area (Å²) in [7, 11) is 3.39. The molecule has 0 aliphatic carbocycles. The number of methoxy groups -OCH3 is 2. The Kier molecular flexibility index (Phi) is 5.69. The SMILES string of the molecule is CCc1c(CN2CCNCC2)c(Br)cc(OC)c1OC. The number of piperazine rings is 1. The van der Waals surface area contributed by atoms with Crippen molar-refractivity contribution < 1.29 is 9.47 Å². The molecule has 1 N–H and O–H groups in total. The molecule has 20 heavy (non-hydrogen) atoms. The van der Waals surface area contributed by atoms with Crippen LogP contribution in [-0.4, -0.2) is 45.3 Å². The van der Waals surface area contributed by atoms with Crippen LogP contribution in [0.15, 0.2) is 10.5 Å². The Balaban J connectivity index is 2.35. The van der Waals surface area contributed by atoms with Crippen LogP contribution < -0.4 is 14.8 Å². The smallest absolute Gasteiger partial charge is 0.164 e. The molecule has 0 bridgehead atoms. The average Bonchev–Trinajstić information content (AvgIpc) is 2.49. The Bertz CT molecular complexity index is 460. The van der Waals surface area contributed by atoms with Gasteiger partial charge >= 0.3 is 0 Å². The highest BCUT2D eigenvalue weighted by molar-refractivity contribution is 9.10. The van der Waals surface area contributed by atoms with Gasteiger partial charge in [0.1, 0.15) is 0 Å². The molecule has 1 aliphatic rings. The zero-order chi connectivity index (χ0) is 14.5. The van der Waals surface area contributed by atoms with Crippen LogP contribution in [0.4, 0.5) is 0 Å². The molecular weight excluding hydrogens is 320 g/mol. The molecule has 4 nitrogen and oxygen atoms in total. The Morgan fingerprint density at radius 1 is 1.20 bits per heavy atom. The minimum atomic E-state index is 0.792. The van der Waals surface area contributed by atoms with E-state index in [9.17, 15) is 0 Å². The summed E-state index contributed by atoms with van der Waals surface area (Å²) in [6.07, 6.45) is 0.931. The predicted octanol–water partition coefficient (Wildman–Crippen LogP) is 2.43. The lowest BCUT2D eigenvalue weighted by Crippen LogP contribution is -2.43. The molecule has 0 saturated carbocycles. The number of hydrogen-bond acceptors (Lipinski definition) is 4. The summed E-state index contributed by atoms with van der Waals surface area (Å²) in [5.41, 5.74) is 2.55. The van der Waals surface area contributed by atoms with E-state index in [1.54, 1.807) is 14.2 Å². The normalized spacial score (nSPS) is 16.2. The molecule has 0 spiro atoms. The minimum absolute atomic E-state index is 0.792. The lowest BCUT2D eigenvalue weighted by atomic mass is 10.0. The second kappa shape index (κ2) is 7.29. The highest BCUT2D eigenvalue weighted by atomic mass is 79.9. The first-order chi connectivity index (χ1) is 9.71. The van der Waals surface area contributed by atoms with Gasteiger partial charge in [0.05, 0.1) is 14.2 Å². The molecule has 1 heterocycles. The Morgan fingerprint density at radius 2 is 1.90 bits per heavy atom. The third kappa shape index (κ3) is 3.27. The standard InChI is InChI=1S/C15H23BrN2O2/c1-4-11-12(10-18-7-5-17-6-8-18)13(16)9-14(19-2)15(11)20-3/h9,17H,4-8,10H2,1-3H3. The van der Waals surface area contributed by atoms with Crippen LogP contribution in [0.3, 0.4) is 0 Å². The molecule has 1 aliphatic heterocycles. The molecule has 1 saturated heterocycles. The van der Waals surface area contributed by atoms with Crippen LogP contribution in [0.1, 0.15) is 18.1 Å². The Hall–Kier alpha value is -0.780. The minimum Gasteiger partial charge on any atom is -0.493 e. The highest BCUT2D eigenvalue weighted by Crippen LogP contribution is 2.39.